The molecular weight excluding hydrogens is 326 g/mol. The number of fused-ring (bicyclic) bond motifs is 1. The number of nitrogens with zero attached hydrogens (tertiary/aromatic N) is 2. The van der Waals surface area contributed by atoms with E-state index < -0.39 is 0 Å². The molecule has 1 amide bonds. The van der Waals surface area contributed by atoms with E-state index in [1.807, 2.05) is 67.9 Å². The minimum Gasteiger partial charge on any atom is -0.383 e. The topological polar surface area (TPSA) is 46.0 Å². The Morgan fingerprint density at radius 3 is 2.69 bits per heavy atom. The smallest absolute Gasteiger partial charge is 0.257 e. The van der Waals surface area contributed by atoms with Crippen LogP contribution in [0.3, 0.4) is 0 Å². The van der Waals surface area contributed by atoms with E-state index in [4.69, 9.17) is 4.74 Å². The maximum atomic E-state index is 12.7. The second-order valence-corrected chi connectivity index (χ2v) is 6.52. The van der Waals surface area contributed by atoms with Gasteiger partial charge in [-0.05, 0) is 55.3 Å². The lowest BCUT2D eigenvalue weighted by Gasteiger charge is -2.19. The van der Waals surface area contributed by atoms with Crippen molar-refractivity contribution >= 4 is 22.9 Å². The van der Waals surface area contributed by atoms with Crippen LogP contribution in [-0.4, -0.2) is 37.6 Å². The van der Waals surface area contributed by atoms with E-state index in [0.29, 0.717) is 12.2 Å². The molecule has 0 fully saturated rings. The Morgan fingerprint density at radius 2 is 1.92 bits per heavy atom. The van der Waals surface area contributed by atoms with Crippen molar-refractivity contribution in [3.8, 4) is 0 Å². The first-order valence-electron chi connectivity index (χ1n) is 8.70. The number of nitrogens with one attached hydrogen (secondary N) is 1. The number of aromatic nitrogens is 1. The van der Waals surface area contributed by atoms with Gasteiger partial charge in [0.25, 0.3) is 5.91 Å². The van der Waals surface area contributed by atoms with Gasteiger partial charge < -0.3 is 19.4 Å². The normalized spacial score (nSPS) is 10.9. The number of aryl methyl sites for hydroxylation is 1. The fourth-order valence-corrected chi connectivity index (χ4v) is 2.96. The van der Waals surface area contributed by atoms with E-state index in [-0.39, 0.29) is 5.91 Å². The van der Waals surface area contributed by atoms with Crippen LogP contribution in [0.2, 0.25) is 0 Å². The lowest BCUT2D eigenvalue weighted by atomic mass is 10.1. The molecule has 26 heavy (non-hydrogen) atoms. The van der Waals surface area contributed by atoms with E-state index in [2.05, 4.69) is 16.3 Å². The molecule has 3 rings (SSSR count). The van der Waals surface area contributed by atoms with Gasteiger partial charge in [-0.25, -0.2) is 0 Å². The SMILES string of the molecule is COCCN(C)c1ccc2ccc(C(=O)Nc3cccc(C)c3C)cn12. The lowest BCUT2D eigenvalue weighted by Crippen LogP contribution is -2.23. The zero-order valence-corrected chi connectivity index (χ0v) is 15.7. The van der Waals surface area contributed by atoms with Crippen LogP contribution in [-0.2, 0) is 4.74 Å². The lowest BCUT2D eigenvalue weighted by molar-refractivity contribution is 0.102. The summed E-state index contributed by atoms with van der Waals surface area (Å²) in [5.74, 6) is 0.915. The Labute approximate surface area is 154 Å². The van der Waals surface area contributed by atoms with Gasteiger partial charge >= 0.3 is 0 Å². The molecule has 0 aliphatic heterocycles. The number of benzene rings is 1. The van der Waals surface area contributed by atoms with E-state index in [0.717, 1.165) is 34.7 Å². The maximum Gasteiger partial charge on any atom is 0.257 e. The number of carbonyl (C=O) groups is 1. The van der Waals surface area contributed by atoms with Crippen LogP contribution in [0.15, 0.2) is 48.7 Å². The van der Waals surface area contributed by atoms with Gasteiger partial charge in [-0.15, -0.1) is 0 Å². The summed E-state index contributed by atoms with van der Waals surface area (Å²) in [6.07, 6.45) is 1.88. The number of likely N-dealkylation sites (N-methyl/N-ethyl adjacent to an activating group) is 1. The Kier molecular flexibility index (Phi) is 5.28. The van der Waals surface area contributed by atoms with Gasteiger partial charge in [-0.1, -0.05) is 12.1 Å². The van der Waals surface area contributed by atoms with Gasteiger partial charge in [0.1, 0.15) is 5.82 Å². The van der Waals surface area contributed by atoms with Crippen molar-refractivity contribution in [3.05, 3.63) is 65.4 Å². The molecule has 0 saturated heterocycles. The Hall–Kier alpha value is -2.79. The molecule has 0 radical (unpaired) electrons. The molecule has 0 unspecified atom stereocenters. The number of pyridine rings is 1. The molecule has 1 aromatic carbocycles. The monoisotopic (exact) mass is 351 g/mol. The first-order valence-corrected chi connectivity index (χ1v) is 8.70. The Morgan fingerprint density at radius 1 is 1.15 bits per heavy atom. The molecule has 3 aromatic rings. The van der Waals surface area contributed by atoms with Gasteiger partial charge in [0, 0.05) is 38.1 Å². The van der Waals surface area contributed by atoms with Crippen molar-refractivity contribution < 1.29 is 9.53 Å². The van der Waals surface area contributed by atoms with Gasteiger partial charge in [-0.2, -0.15) is 0 Å². The highest BCUT2D eigenvalue weighted by atomic mass is 16.5. The van der Waals surface area contributed by atoms with Crippen LogP contribution in [0, 0.1) is 13.8 Å². The predicted octanol–water partition coefficient (Wildman–Crippen LogP) is 3.89. The Bertz CT molecular complexity index is 930. The first-order chi connectivity index (χ1) is 12.5. The molecule has 0 bridgehead atoms. The van der Waals surface area contributed by atoms with Crippen molar-refractivity contribution in [1.82, 2.24) is 4.40 Å². The average Bonchev–Trinajstić information content (AvgIpc) is 3.06. The minimum absolute atomic E-state index is 0.111. The minimum atomic E-state index is -0.111. The van der Waals surface area contributed by atoms with Crippen LogP contribution in [0.1, 0.15) is 21.5 Å². The van der Waals surface area contributed by atoms with Crippen LogP contribution >= 0.6 is 0 Å². The van der Waals surface area contributed by atoms with Crippen LogP contribution in [0.5, 0.6) is 0 Å². The summed E-state index contributed by atoms with van der Waals surface area (Å²) in [6, 6.07) is 13.8. The second kappa shape index (κ2) is 7.62. The van der Waals surface area contributed by atoms with Crippen molar-refractivity contribution in [2.75, 3.05) is 37.5 Å². The summed E-state index contributed by atoms with van der Waals surface area (Å²) in [5.41, 5.74) is 4.76. The van der Waals surface area contributed by atoms with Crippen molar-refractivity contribution in [2.45, 2.75) is 13.8 Å². The number of amides is 1. The van der Waals surface area contributed by atoms with E-state index >= 15 is 0 Å². The van der Waals surface area contributed by atoms with Crippen LogP contribution < -0.4 is 10.2 Å². The number of hydrogen-bond donors (Lipinski definition) is 1. The highest BCUT2D eigenvalue weighted by Gasteiger charge is 2.12. The zero-order chi connectivity index (χ0) is 18.7. The number of anilines is 2. The number of hydrogen-bond acceptors (Lipinski definition) is 3. The third kappa shape index (κ3) is 3.58. The van der Waals surface area contributed by atoms with Gasteiger partial charge in [0.2, 0.25) is 0 Å². The molecule has 1 N–H and O–H groups in total. The second-order valence-electron chi connectivity index (χ2n) is 6.52. The van der Waals surface area contributed by atoms with E-state index in [9.17, 15) is 4.79 Å². The number of carbonyl (C=O) groups excluding carboxylic acids is 1. The summed E-state index contributed by atoms with van der Waals surface area (Å²) in [4.78, 5) is 14.9. The fourth-order valence-electron chi connectivity index (χ4n) is 2.96. The van der Waals surface area contributed by atoms with E-state index in [1.165, 1.54) is 0 Å². The standard InChI is InChI=1S/C21H25N3O2/c1-15-6-5-7-19(16(15)2)22-21(25)17-8-9-18-10-11-20(24(18)14-17)23(3)12-13-26-4/h5-11,14H,12-13H2,1-4H3,(H,22,25). The molecule has 5 nitrogen and oxygen atoms in total. The molecule has 2 aromatic heterocycles. The van der Waals surface area contributed by atoms with Crippen molar-refractivity contribution in [1.29, 1.82) is 0 Å². The molecular formula is C21H25N3O2. The number of ether oxygens (including phenoxy) is 1. The molecule has 0 aliphatic carbocycles. The van der Waals surface area contributed by atoms with E-state index in [1.54, 1.807) is 7.11 Å². The quantitative estimate of drug-likeness (QED) is 0.733. The molecule has 5 heteroatoms. The van der Waals surface area contributed by atoms with Gasteiger partial charge in [0.15, 0.2) is 0 Å². The summed E-state index contributed by atoms with van der Waals surface area (Å²) < 4.78 is 7.19. The molecule has 0 atom stereocenters. The molecule has 0 aliphatic rings. The van der Waals surface area contributed by atoms with Gasteiger partial charge in [0.05, 0.1) is 12.2 Å². The molecule has 0 saturated carbocycles. The largest absolute Gasteiger partial charge is 0.383 e. The average molecular weight is 351 g/mol. The maximum absolute atomic E-state index is 12.7. The zero-order valence-electron chi connectivity index (χ0n) is 15.7. The predicted molar refractivity (Wildman–Crippen MR) is 106 cm³/mol. The first kappa shape index (κ1) is 18.0. The molecule has 2 heterocycles. The van der Waals surface area contributed by atoms with Crippen molar-refractivity contribution in [3.63, 3.8) is 0 Å². The summed E-state index contributed by atoms with van der Waals surface area (Å²) in [7, 11) is 3.71. The highest BCUT2D eigenvalue weighted by molar-refractivity contribution is 6.04. The highest BCUT2D eigenvalue weighted by Crippen LogP contribution is 2.21. The van der Waals surface area contributed by atoms with Crippen LogP contribution in [0.4, 0.5) is 11.5 Å². The summed E-state index contributed by atoms with van der Waals surface area (Å²) in [6.45, 7) is 5.49. The fraction of sp³-hybridized carbons (Fsp3) is 0.286. The Balaban J connectivity index is 1.88. The molecule has 136 valence electrons. The van der Waals surface area contributed by atoms with Crippen LogP contribution in [0.25, 0.3) is 5.52 Å². The number of rotatable bonds is 6. The molecule has 0 spiro atoms. The van der Waals surface area contributed by atoms with Gasteiger partial charge in [-0.3, -0.25) is 4.79 Å². The number of methoxy groups -OCH3 is 1. The summed E-state index contributed by atoms with van der Waals surface area (Å²) >= 11 is 0. The third-order valence-electron chi connectivity index (χ3n) is 4.77. The van der Waals surface area contributed by atoms with Crippen molar-refractivity contribution in [2.24, 2.45) is 0 Å². The summed E-state index contributed by atoms with van der Waals surface area (Å²) in [5, 5.41) is 3.02. The third-order valence-corrected chi connectivity index (χ3v) is 4.77.